The molecule has 1 saturated heterocycles. The van der Waals surface area contributed by atoms with Gasteiger partial charge in [-0.15, -0.1) is 0 Å². The van der Waals surface area contributed by atoms with Crippen molar-refractivity contribution in [3.8, 4) is 0 Å². The quantitative estimate of drug-likeness (QED) is 0.873. The largest absolute Gasteiger partial charge is 0.375 e. The molecule has 2 atom stereocenters. The molecule has 4 nitrogen and oxygen atoms in total. The summed E-state index contributed by atoms with van der Waals surface area (Å²) >= 11 is 0. The summed E-state index contributed by atoms with van der Waals surface area (Å²) in [4.78, 5) is 13.1. The molecule has 0 bridgehead atoms. The zero-order valence-electron chi connectivity index (χ0n) is 16.1. The molecule has 1 aliphatic carbocycles. The Morgan fingerprint density at radius 3 is 2.59 bits per heavy atom. The van der Waals surface area contributed by atoms with Gasteiger partial charge in [-0.25, -0.2) is 0 Å². The first-order valence-electron chi connectivity index (χ1n) is 9.95. The number of piperidine rings is 1. The number of carbonyl (C=O) groups is 1. The number of nitrogens with one attached hydrogen (secondary N) is 2. The van der Waals surface area contributed by atoms with E-state index in [9.17, 15) is 4.79 Å². The molecule has 4 heteroatoms. The van der Waals surface area contributed by atoms with Crippen molar-refractivity contribution in [2.24, 2.45) is 0 Å². The van der Waals surface area contributed by atoms with Gasteiger partial charge in [0.05, 0.1) is 12.1 Å². The van der Waals surface area contributed by atoms with Crippen molar-refractivity contribution in [1.82, 2.24) is 10.6 Å². The third-order valence-corrected chi connectivity index (χ3v) is 6.20. The maximum Gasteiger partial charge on any atom is 0.252 e. The fourth-order valence-electron chi connectivity index (χ4n) is 4.92. The Morgan fingerprint density at radius 2 is 1.85 bits per heavy atom. The highest BCUT2D eigenvalue weighted by Gasteiger charge is 2.53. The number of benzene rings is 2. The SMILES string of the molecule is CCO[C@@H]1[C@@H](NC(=O)c2ccccc2C)c2ccccc2C12CCNCC2. The Labute approximate surface area is 161 Å². The standard InChI is InChI=1S/C23H28N2O2/c1-3-27-21-20(25-22(26)17-9-5-4-8-16(17)2)18-10-6-7-11-19(18)23(21)12-14-24-15-13-23/h4-11,20-21,24H,3,12-15H2,1-2H3,(H,25,26)/t20-,21+/m0/s1. The molecule has 1 aliphatic heterocycles. The predicted octanol–water partition coefficient (Wildman–Crippen LogP) is 3.51. The van der Waals surface area contributed by atoms with Crippen molar-refractivity contribution in [3.63, 3.8) is 0 Å². The van der Waals surface area contributed by atoms with Crippen LogP contribution in [0.5, 0.6) is 0 Å². The Morgan fingerprint density at radius 1 is 1.15 bits per heavy atom. The van der Waals surface area contributed by atoms with Crippen LogP contribution in [0.25, 0.3) is 0 Å². The van der Waals surface area contributed by atoms with Crippen molar-refractivity contribution in [2.45, 2.75) is 44.2 Å². The smallest absolute Gasteiger partial charge is 0.252 e. The number of rotatable bonds is 4. The molecule has 1 spiro atoms. The lowest BCUT2D eigenvalue weighted by Gasteiger charge is -2.41. The van der Waals surface area contributed by atoms with Gasteiger partial charge in [0, 0.05) is 17.6 Å². The molecule has 0 saturated carbocycles. The van der Waals surface area contributed by atoms with E-state index in [-0.39, 0.29) is 23.5 Å². The van der Waals surface area contributed by atoms with Crippen LogP contribution in [0.15, 0.2) is 48.5 Å². The third kappa shape index (κ3) is 3.07. The summed E-state index contributed by atoms with van der Waals surface area (Å²) in [7, 11) is 0. The molecule has 1 amide bonds. The molecule has 1 heterocycles. The van der Waals surface area contributed by atoms with Crippen LogP contribution in [0.3, 0.4) is 0 Å². The molecule has 0 unspecified atom stereocenters. The van der Waals surface area contributed by atoms with E-state index in [4.69, 9.17) is 4.74 Å². The van der Waals surface area contributed by atoms with Gasteiger partial charge in [0.2, 0.25) is 0 Å². The summed E-state index contributed by atoms with van der Waals surface area (Å²) in [6.45, 7) is 6.63. The van der Waals surface area contributed by atoms with Gasteiger partial charge in [0.1, 0.15) is 0 Å². The molecule has 2 aromatic rings. The van der Waals surface area contributed by atoms with Crippen LogP contribution in [0, 0.1) is 6.92 Å². The second kappa shape index (κ2) is 7.45. The molecule has 0 radical (unpaired) electrons. The zero-order chi connectivity index (χ0) is 18.9. The molecule has 142 valence electrons. The average Bonchev–Trinajstić information content (AvgIpc) is 2.93. The lowest BCUT2D eigenvalue weighted by Crippen LogP contribution is -2.49. The highest BCUT2D eigenvalue weighted by molar-refractivity contribution is 5.96. The molecule has 1 fully saturated rings. The third-order valence-electron chi connectivity index (χ3n) is 6.20. The minimum Gasteiger partial charge on any atom is -0.375 e. The summed E-state index contributed by atoms with van der Waals surface area (Å²) in [6, 6.07) is 16.2. The maximum absolute atomic E-state index is 13.1. The van der Waals surface area contributed by atoms with Gasteiger partial charge < -0.3 is 15.4 Å². The van der Waals surface area contributed by atoms with Crippen LogP contribution < -0.4 is 10.6 Å². The number of carbonyl (C=O) groups excluding carboxylic acids is 1. The number of hydrogen-bond acceptors (Lipinski definition) is 3. The Bertz CT molecular complexity index is 827. The zero-order valence-corrected chi connectivity index (χ0v) is 16.1. The summed E-state index contributed by atoms with van der Waals surface area (Å²) in [5.41, 5.74) is 4.25. The summed E-state index contributed by atoms with van der Waals surface area (Å²) in [6.07, 6.45) is 2.03. The second-order valence-corrected chi connectivity index (χ2v) is 7.64. The van der Waals surface area contributed by atoms with Crippen LogP contribution >= 0.6 is 0 Å². The van der Waals surface area contributed by atoms with Crippen LogP contribution in [0.4, 0.5) is 0 Å². The van der Waals surface area contributed by atoms with Crippen molar-refractivity contribution in [1.29, 1.82) is 0 Å². The molecule has 27 heavy (non-hydrogen) atoms. The highest BCUT2D eigenvalue weighted by Crippen LogP contribution is 2.51. The van der Waals surface area contributed by atoms with Crippen molar-refractivity contribution in [2.75, 3.05) is 19.7 Å². The molecular formula is C23H28N2O2. The van der Waals surface area contributed by atoms with Gasteiger partial charge >= 0.3 is 0 Å². The van der Waals surface area contributed by atoms with Gasteiger partial charge in [0.25, 0.3) is 5.91 Å². The van der Waals surface area contributed by atoms with Crippen LogP contribution in [-0.4, -0.2) is 31.7 Å². The van der Waals surface area contributed by atoms with Gasteiger partial charge in [-0.3, -0.25) is 4.79 Å². The molecular weight excluding hydrogens is 336 g/mol. The molecule has 4 rings (SSSR count). The summed E-state index contributed by atoms with van der Waals surface area (Å²) in [5.74, 6) is -0.0245. The van der Waals surface area contributed by atoms with Crippen molar-refractivity contribution < 1.29 is 9.53 Å². The molecule has 2 N–H and O–H groups in total. The van der Waals surface area contributed by atoms with Crippen molar-refractivity contribution in [3.05, 3.63) is 70.8 Å². The minimum atomic E-state index is -0.119. The fraction of sp³-hybridized carbons (Fsp3) is 0.435. The minimum absolute atomic E-state index is 0.0245. The maximum atomic E-state index is 13.1. The van der Waals surface area contributed by atoms with E-state index in [1.807, 2.05) is 38.1 Å². The summed E-state index contributed by atoms with van der Waals surface area (Å²) in [5, 5.41) is 6.79. The molecule has 0 aromatic heterocycles. The van der Waals surface area contributed by atoms with E-state index in [1.54, 1.807) is 0 Å². The fourth-order valence-corrected chi connectivity index (χ4v) is 4.92. The van der Waals surface area contributed by atoms with E-state index < -0.39 is 0 Å². The normalized spacial score (nSPS) is 23.2. The number of hydrogen-bond donors (Lipinski definition) is 2. The molecule has 2 aromatic carbocycles. The second-order valence-electron chi connectivity index (χ2n) is 7.64. The molecule has 2 aliphatic rings. The monoisotopic (exact) mass is 364 g/mol. The van der Waals surface area contributed by atoms with E-state index in [1.165, 1.54) is 11.1 Å². The Kier molecular flexibility index (Phi) is 5.02. The number of ether oxygens (including phenoxy) is 1. The number of amides is 1. The topological polar surface area (TPSA) is 50.4 Å². The Hall–Kier alpha value is -2.17. The van der Waals surface area contributed by atoms with E-state index in [0.29, 0.717) is 6.61 Å². The first-order chi connectivity index (χ1) is 13.2. The Balaban J connectivity index is 1.72. The number of fused-ring (bicyclic) bond motifs is 2. The highest BCUT2D eigenvalue weighted by atomic mass is 16.5. The van der Waals surface area contributed by atoms with Gasteiger partial charge in [-0.05, 0) is 62.5 Å². The number of aryl methyl sites for hydroxylation is 1. The first-order valence-corrected chi connectivity index (χ1v) is 9.95. The predicted molar refractivity (Wildman–Crippen MR) is 107 cm³/mol. The van der Waals surface area contributed by atoms with E-state index in [0.717, 1.165) is 37.1 Å². The van der Waals surface area contributed by atoms with Crippen LogP contribution in [0.1, 0.15) is 52.9 Å². The van der Waals surface area contributed by atoms with Gasteiger partial charge in [0.15, 0.2) is 0 Å². The first kappa shape index (κ1) is 18.2. The summed E-state index contributed by atoms with van der Waals surface area (Å²) < 4.78 is 6.32. The lowest BCUT2D eigenvalue weighted by molar-refractivity contribution is -0.0208. The lowest BCUT2D eigenvalue weighted by atomic mass is 9.72. The van der Waals surface area contributed by atoms with E-state index >= 15 is 0 Å². The average molecular weight is 364 g/mol. The van der Waals surface area contributed by atoms with Gasteiger partial charge in [-0.1, -0.05) is 42.5 Å². The van der Waals surface area contributed by atoms with Crippen LogP contribution in [0.2, 0.25) is 0 Å². The van der Waals surface area contributed by atoms with Crippen LogP contribution in [-0.2, 0) is 10.2 Å². The van der Waals surface area contributed by atoms with E-state index in [2.05, 4.69) is 34.9 Å². The van der Waals surface area contributed by atoms with Crippen molar-refractivity contribution >= 4 is 5.91 Å². The van der Waals surface area contributed by atoms with Gasteiger partial charge in [-0.2, -0.15) is 0 Å².